The molecule has 0 heterocycles. The second-order valence-electron chi connectivity index (χ2n) is 2.44. The molecule has 0 aliphatic rings. The molecule has 0 aliphatic heterocycles. The summed E-state index contributed by atoms with van der Waals surface area (Å²) in [5, 5.41) is 0. The second-order valence-corrected chi connectivity index (χ2v) is 3.42. The zero-order valence-electron chi connectivity index (χ0n) is 8.20. The van der Waals surface area contributed by atoms with Gasteiger partial charge in [-0.15, -0.1) is 0 Å². The van der Waals surface area contributed by atoms with Gasteiger partial charge in [0.05, 0.1) is 0 Å². The first-order chi connectivity index (χ1) is 5.93. The Hall–Kier alpha value is -0.600. The Bertz CT molecular complexity index is 189. The third-order valence-corrected chi connectivity index (χ3v) is 1.81. The molecule has 0 saturated carbocycles. The Kier molecular flexibility index (Phi) is 10.9. The number of carbonyl (C=O) groups is 2. The highest BCUT2D eigenvalue weighted by atomic mass is 31.1. The molecule has 4 nitrogen and oxygen atoms in total. The van der Waals surface area contributed by atoms with Gasteiger partial charge >= 0.3 is 8.03 Å². The average molecular weight is 206 g/mol. The fraction of sp³-hybridized carbons (Fsp3) is 0.750. The molecule has 0 fully saturated rings. The second kappa shape index (κ2) is 9.49. The van der Waals surface area contributed by atoms with E-state index in [1.54, 1.807) is 13.8 Å². The van der Waals surface area contributed by atoms with Crippen LogP contribution < -0.4 is 4.89 Å². The third kappa shape index (κ3) is 18.4. The summed E-state index contributed by atoms with van der Waals surface area (Å²) in [6, 6.07) is 0. The molecule has 13 heavy (non-hydrogen) atoms. The van der Waals surface area contributed by atoms with Crippen LogP contribution in [0.15, 0.2) is 0 Å². The lowest BCUT2D eigenvalue weighted by Gasteiger charge is -1.84. The predicted molar refractivity (Wildman–Crippen MR) is 48.7 cm³/mol. The van der Waals surface area contributed by atoms with Crippen molar-refractivity contribution in [3.8, 4) is 0 Å². The molecule has 0 bridgehead atoms. The Morgan fingerprint density at radius 2 is 1.62 bits per heavy atom. The van der Waals surface area contributed by atoms with Crippen LogP contribution in [0.1, 0.15) is 33.6 Å². The van der Waals surface area contributed by atoms with E-state index >= 15 is 0 Å². The first-order valence-electron chi connectivity index (χ1n) is 4.06. The van der Waals surface area contributed by atoms with Crippen molar-refractivity contribution in [1.82, 2.24) is 0 Å². The van der Waals surface area contributed by atoms with E-state index in [1.807, 2.05) is 6.92 Å². The standard InChI is InChI=1S/C4H7O3P.C4H8O/c1-2-4(5)3-8(6)7;1-3-4(2)5/h2-3H2,1H3;3H2,1-2H3. The fourth-order valence-corrected chi connectivity index (χ4v) is 0.767. The lowest BCUT2D eigenvalue weighted by atomic mass is 10.4. The van der Waals surface area contributed by atoms with E-state index in [2.05, 4.69) is 0 Å². The van der Waals surface area contributed by atoms with Gasteiger partial charge in [-0.3, -0.25) is 4.79 Å². The minimum absolute atomic E-state index is 0.221. The summed E-state index contributed by atoms with van der Waals surface area (Å²) in [6.07, 6.45) is 0.676. The Balaban J connectivity index is 0. The maximum Gasteiger partial charge on any atom is 0.316 e. The van der Waals surface area contributed by atoms with E-state index in [-0.39, 0.29) is 17.7 Å². The molecule has 1 atom stereocenters. The summed E-state index contributed by atoms with van der Waals surface area (Å²) < 4.78 is 9.78. The van der Waals surface area contributed by atoms with Gasteiger partial charge in [-0.1, -0.05) is 18.4 Å². The maximum atomic E-state index is 10.2. The van der Waals surface area contributed by atoms with E-state index in [9.17, 15) is 19.0 Å². The van der Waals surface area contributed by atoms with Gasteiger partial charge in [0.25, 0.3) is 0 Å². The van der Waals surface area contributed by atoms with E-state index in [4.69, 9.17) is 0 Å². The first-order valence-corrected chi connectivity index (χ1v) is 5.43. The van der Waals surface area contributed by atoms with Crippen molar-refractivity contribution in [2.45, 2.75) is 33.6 Å². The first kappa shape index (κ1) is 14.9. The molecule has 0 spiro atoms. The normalized spacial score (nSPS) is 9.69. The third-order valence-electron chi connectivity index (χ3n) is 1.20. The van der Waals surface area contributed by atoms with Crippen molar-refractivity contribution in [1.29, 1.82) is 0 Å². The van der Waals surface area contributed by atoms with Gasteiger partial charge in [-0.2, -0.15) is 0 Å². The summed E-state index contributed by atoms with van der Waals surface area (Å²) in [5.74, 6) is 0.0334. The lowest BCUT2D eigenvalue weighted by molar-refractivity contribution is -0.164. The molecular formula is C8H15O4P. The molecule has 0 radical (unpaired) electrons. The Morgan fingerprint density at radius 1 is 1.23 bits per heavy atom. The van der Waals surface area contributed by atoms with Gasteiger partial charge in [-0.25, -0.2) is 0 Å². The van der Waals surface area contributed by atoms with Crippen molar-refractivity contribution >= 4 is 19.6 Å². The predicted octanol–water partition coefficient (Wildman–Crippen LogP) is 1.05. The molecule has 0 amide bonds. The van der Waals surface area contributed by atoms with Gasteiger partial charge in [0, 0.05) is 12.8 Å². The van der Waals surface area contributed by atoms with Crippen molar-refractivity contribution in [2.24, 2.45) is 0 Å². The van der Waals surface area contributed by atoms with Crippen LogP contribution in [0.4, 0.5) is 0 Å². The fourth-order valence-electron chi connectivity index (χ4n) is 0.256. The topological polar surface area (TPSA) is 74.3 Å². The van der Waals surface area contributed by atoms with Gasteiger partial charge in [0.2, 0.25) is 6.16 Å². The molecule has 0 aromatic heterocycles. The molecule has 0 aliphatic carbocycles. The summed E-state index contributed by atoms with van der Waals surface area (Å²) in [4.78, 5) is 29.8. The summed E-state index contributed by atoms with van der Waals surface area (Å²) >= 11 is 0. The van der Waals surface area contributed by atoms with Crippen LogP contribution in [0.3, 0.4) is 0 Å². The van der Waals surface area contributed by atoms with Gasteiger partial charge in [0.1, 0.15) is 5.78 Å². The Morgan fingerprint density at radius 3 is 1.69 bits per heavy atom. The van der Waals surface area contributed by atoms with Gasteiger partial charge < -0.3 is 9.69 Å². The Labute approximate surface area is 79.2 Å². The van der Waals surface area contributed by atoms with Crippen molar-refractivity contribution in [2.75, 3.05) is 6.16 Å². The number of ketones is 2. The summed E-state index contributed by atoms with van der Waals surface area (Å²) in [6.45, 7) is 5.07. The van der Waals surface area contributed by atoms with Crippen molar-refractivity contribution in [3.05, 3.63) is 0 Å². The van der Waals surface area contributed by atoms with Crippen LogP contribution in [0.2, 0.25) is 0 Å². The van der Waals surface area contributed by atoms with Crippen molar-refractivity contribution < 1.29 is 19.0 Å². The molecule has 5 heteroatoms. The SMILES string of the molecule is CCC(=O)C[P+](=O)[O-].CCC(C)=O. The smallest absolute Gasteiger partial charge is 0.316 e. The van der Waals surface area contributed by atoms with Crippen LogP contribution in [-0.4, -0.2) is 17.7 Å². The number of hydrogen-bond acceptors (Lipinski definition) is 4. The summed E-state index contributed by atoms with van der Waals surface area (Å²) in [7, 11) is -2.50. The van der Waals surface area contributed by atoms with Crippen LogP contribution in [0, 0.1) is 0 Å². The molecule has 0 N–H and O–H groups in total. The van der Waals surface area contributed by atoms with E-state index in [1.165, 1.54) is 0 Å². The molecule has 0 aromatic rings. The van der Waals surface area contributed by atoms with Crippen LogP contribution in [0.25, 0.3) is 0 Å². The largest absolute Gasteiger partial charge is 0.595 e. The van der Waals surface area contributed by atoms with Crippen LogP contribution in [0.5, 0.6) is 0 Å². The highest BCUT2D eigenvalue weighted by molar-refractivity contribution is 7.37. The minimum Gasteiger partial charge on any atom is -0.595 e. The minimum atomic E-state index is -2.50. The van der Waals surface area contributed by atoms with Gasteiger partial charge in [-0.05, 0) is 6.92 Å². The lowest BCUT2D eigenvalue weighted by Crippen LogP contribution is -2.02. The number of rotatable bonds is 4. The van der Waals surface area contributed by atoms with Crippen LogP contribution in [-0.2, 0) is 14.2 Å². The zero-order chi connectivity index (χ0) is 10.9. The highest BCUT2D eigenvalue weighted by Gasteiger charge is 2.06. The maximum absolute atomic E-state index is 10.2. The van der Waals surface area contributed by atoms with Crippen LogP contribution >= 0.6 is 8.03 Å². The molecule has 1 unspecified atom stereocenters. The molecule has 0 saturated heterocycles. The monoisotopic (exact) mass is 206 g/mol. The number of hydrogen-bond donors (Lipinski definition) is 0. The quantitative estimate of drug-likeness (QED) is 0.644. The molecule has 0 aromatic carbocycles. The number of carbonyl (C=O) groups excluding carboxylic acids is 2. The average Bonchev–Trinajstić information content (AvgIpc) is 2.04. The number of Topliss-reactive ketones (excluding diaryl/α,β-unsaturated/α-hetero) is 2. The molecule has 0 rings (SSSR count). The highest BCUT2D eigenvalue weighted by Crippen LogP contribution is 2.06. The summed E-state index contributed by atoms with van der Waals surface area (Å²) in [5.41, 5.74) is 0. The van der Waals surface area contributed by atoms with Gasteiger partial charge in [0.15, 0.2) is 5.78 Å². The molecule has 76 valence electrons. The zero-order valence-corrected chi connectivity index (χ0v) is 9.10. The van der Waals surface area contributed by atoms with E-state index < -0.39 is 8.03 Å². The van der Waals surface area contributed by atoms with E-state index in [0.29, 0.717) is 12.8 Å². The molecular weight excluding hydrogens is 191 g/mol. The van der Waals surface area contributed by atoms with Crippen molar-refractivity contribution in [3.63, 3.8) is 0 Å². The van der Waals surface area contributed by atoms with E-state index in [0.717, 1.165) is 0 Å².